The van der Waals surface area contributed by atoms with Gasteiger partial charge in [0.05, 0.1) is 6.20 Å². The standard InChI is InChI=1S/C18H16Cl2N6OS/c19-12-2-1-3-13(10-12)25-6-8-26(9-7-25)15-4-5-21-18(23-15)24-16(27)14-11-22-17(20)28-14/h1-5,10-11H,6-9H2,(H,21,23,24,27). The van der Waals surface area contributed by atoms with Crippen molar-refractivity contribution in [1.82, 2.24) is 15.0 Å². The Hall–Kier alpha value is -2.42. The molecule has 3 aromatic rings. The molecule has 2 aromatic heterocycles. The molecule has 1 aromatic carbocycles. The number of hydrogen-bond donors (Lipinski definition) is 1. The Bertz CT molecular complexity index is 989. The summed E-state index contributed by atoms with van der Waals surface area (Å²) in [5.74, 6) is 0.704. The second-order valence-electron chi connectivity index (χ2n) is 6.12. The van der Waals surface area contributed by atoms with Gasteiger partial charge >= 0.3 is 0 Å². The highest BCUT2D eigenvalue weighted by Gasteiger charge is 2.19. The van der Waals surface area contributed by atoms with Crippen LogP contribution < -0.4 is 15.1 Å². The first-order valence-corrected chi connectivity index (χ1v) is 10.2. The van der Waals surface area contributed by atoms with E-state index in [0.717, 1.165) is 54.0 Å². The Morgan fingerprint density at radius 2 is 1.86 bits per heavy atom. The molecular weight excluding hydrogens is 419 g/mol. The Morgan fingerprint density at radius 3 is 2.57 bits per heavy atom. The van der Waals surface area contributed by atoms with Gasteiger partial charge in [-0.3, -0.25) is 10.1 Å². The quantitative estimate of drug-likeness (QED) is 0.672. The number of halogens is 2. The number of amides is 1. The van der Waals surface area contributed by atoms with Crippen LogP contribution in [0.15, 0.2) is 42.7 Å². The van der Waals surface area contributed by atoms with E-state index >= 15 is 0 Å². The van der Waals surface area contributed by atoms with Crippen molar-refractivity contribution in [3.8, 4) is 0 Å². The summed E-state index contributed by atoms with van der Waals surface area (Å²) in [5.41, 5.74) is 1.12. The monoisotopic (exact) mass is 434 g/mol. The highest BCUT2D eigenvalue weighted by atomic mass is 35.5. The summed E-state index contributed by atoms with van der Waals surface area (Å²) in [6.45, 7) is 3.32. The van der Waals surface area contributed by atoms with Crippen LogP contribution in [-0.2, 0) is 0 Å². The van der Waals surface area contributed by atoms with Crippen LogP contribution in [-0.4, -0.2) is 47.0 Å². The number of anilines is 3. The van der Waals surface area contributed by atoms with Crippen molar-refractivity contribution in [3.05, 3.63) is 57.1 Å². The molecule has 3 heterocycles. The number of nitrogens with zero attached hydrogens (tertiary/aromatic N) is 5. The van der Waals surface area contributed by atoms with Gasteiger partial charge in [0.25, 0.3) is 5.91 Å². The SMILES string of the molecule is O=C(Nc1nccc(N2CCN(c3cccc(Cl)c3)CC2)n1)c1cnc(Cl)s1. The van der Waals surface area contributed by atoms with Gasteiger partial charge in [-0.25, -0.2) is 9.97 Å². The molecule has 4 rings (SSSR count). The molecule has 0 unspecified atom stereocenters. The van der Waals surface area contributed by atoms with Crippen LogP contribution in [0.4, 0.5) is 17.5 Å². The largest absolute Gasteiger partial charge is 0.368 e. The zero-order valence-electron chi connectivity index (χ0n) is 14.7. The number of rotatable bonds is 4. The Kier molecular flexibility index (Phi) is 5.61. The lowest BCUT2D eigenvalue weighted by molar-refractivity contribution is 0.102. The summed E-state index contributed by atoms with van der Waals surface area (Å²) >= 11 is 13.0. The van der Waals surface area contributed by atoms with Crippen molar-refractivity contribution >= 4 is 57.9 Å². The fraction of sp³-hybridized carbons (Fsp3) is 0.222. The molecule has 28 heavy (non-hydrogen) atoms. The molecule has 0 bridgehead atoms. The predicted molar refractivity (Wildman–Crippen MR) is 113 cm³/mol. The van der Waals surface area contributed by atoms with Crippen LogP contribution in [0.5, 0.6) is 0 Å². The Morgan fingerprint density at radius 1 is 1.07 bits per heavy atom. The summed E-state index contributed by atoms with van der Waals surface area (Å²) in [6.07, 6.45) is 3.07. The number of carbonyl (C=O) groups excluding carboxylic acids is 1. The topological polar surface area (TPSA) is 74.2 Å². The molecule has 1 saturated heterocycles. The Labute approximate surface area is 176 Å². The van der Waals surface area contributed by atoms with E-state index in [0.29, 0.717) is 9.34 Å². The highest BCUT2D eigenvalue weighted by Crippen LogP contribution is 2.23. The second-order valence-corrected chi connectivity index (χ2v) is 8.17. The van der Waals surface area contributed by atoms with Crippen molar-refractivity contribution in [3.63, 3.8) is 0 Å². The first-order valence-electron chi connectivity index (χ1n) is 8.60. The number of aromatic nitrogens is 3. The lowest BCUT2D eigenvalue weighted by Crippen LogP contribution is -2.46. The molecule has 0 spiro atoms. The average molecular weight is 435 g/mol. The zero-order chi connectivity index (χ0) is 19.5. The fourth-order valence-electron chi connectivity index (χ4n) is 2.97. The van der Waals surface area contributed by atoms with E-state index in [9.17, 15) is 4.79 Å². The van der Waals surface area contributed by atoms with Gasteiger partial charge in [-0.15, -0.1) is 0 Å². The third-order valence-corrected chi connectivity index (χ3v) is 5.69. The van der Waals surface area contributed by atoms with Gasteiger partial charge in [-0.1, -0.05) is 40.6 Å². The average Bonchev–Trinajstić information content (AvgIpc) is 3.15. The molecule has 1 aliphatic rings. The number of hydrogen-bond acceptors (Lipinski definition) is 7. The number of nitrogens with one attached hydrogen (secondary N) is 1. The van der Waals surface area contributed by atoms with Crippen LogP contribution in [0.2, 0.25) is 9.49 Å². The van der Waals surface area contributed by atoms with E-state index in [1.807, 2.05) is 24.3 Å². The number of piperazine rings is 1. The van der Waals surface area contributed by atoms with Crippen LogP contribution in [0, 0.1) is 0 Å². The number of thiazole rings is 1. The number of benzene rings is 1. The minimum Gasteiger partial charge on any atom is -0.368 e. The fourth-order valence-corrected chi connectivity index (χ4v) is 3.99. The van der Waals surface area contributed by atoms with Crippen molar-refractivity contribution < 1.29 is 4.79 Å². The zero-order valence-corrected chi connectivity index (χ0v) is 17.0. The summed E-state index contributed by atoms with van der Waals surface area (Å²) in [5, 5.41) is 3.43. The van der Waals surface area contributed by atoms with Crippen molar-refractivity contribution in [2.24, 2.45) is 0 Å². The lowest BCUT2D eigenvalue weighted by Gasteiger charge is -2.36. The molecule has 0 saturated carbocycles. The van der Waals surface area contributed by atoms with Gasteiger partial charge in [0.2, 0.25) is 5.95 Å². The molecule has 1 amide bonds. The van der Waals surface area contributed by atoms with E-state index in [1.165, 1.54) is 6.20 Å². The van der Waals surface area contributed by atoms with E-state index in [-0.39, 0.29) is 11.9 Å². The summed E-state index contributed by atoms with van der Waals surface area (Å²) < 4.78 is 0.317. The molecular formula is C18H16Cl2N6OS. The minimum absolute atomic E-state index is 0.254. The van der Waals surface area contributed by atoms with Crippen molar-refractivity contribution in [2.75, 3.05) is 41.3 Å². The van der Waals surface area contributed by atoms with E-state index < -0.39 is 0 Å². The molecule has 0 atom stereocenters. The molecule has 1 N–H and O–H groups in total. The van der Waals surface area contributed by atoms with E-state index in [2.05, 4.69) is 36.1 Å². The summed E-state index contributed by atoms with van der Waals surface area (Å²) in [6, 6.07) is 9.71. The van der Waals surface area contributed by atoms with Gasteiger partial charge in [0.1, 0.15) is 10.7 Å². The van der Waals surface area contributed by atoms with Crippen molar-refractivity contribution in [2.45, 2.75) is 0 Å². The molecule has 0 aliphatic carbocycles. The first-order chi connectivity index (χ1) is 13.6. The smallest absolute Gasteiger partial charge is 0.269 e. The van der Waals surface area contributed by atoms with Crippen LogP contribution in [0.3, 0.4) is 0 Å². The predicted octanol–water partition coefficient (Wildman–Crippen LogP) is 3.82. The third kappa shape index (κ3) is 4.35. The van der Waals surface area contributed by atoms with Gasteiger partial charge in [-0.2, -0.15) is 4.98 Å². The van der Waals surface area contributed by atoms with Gasteiger partial charge in [0.15, 0.2) is 4.47 Å². The van der Waals surface area contributed by atoms with Gasteiger partial charge in [-0.05, 0) is 24.3 Å². The Balaban J connectivity index is 1.40. The lowest BCUT2D eigenvalue weighted by atomic mass is 10.2. The normalized spacial score (nSPS) is 14.2. The maximum atomic E-state index is 12.2. The second kappa shape index (κ2) is 8.30. The van der Waals surface area contributed by atoms with Crippen LogP contribution in [0.25, 0.3) is 0 Å². The summed E-state index contributed by atoms with van der Waals surface area (Å²) in [7, 11) is 0. The number of carbonyl (C=O) groups is 1. The first kappa shape index (κ1) is 18.9. The van der Waals surface area contributed by atoms with Gasteiger partial charge < -0.3 is 9.80 Å². The maximum Gasteiger partial charge on any atom is 0.269 e. The van der Waals surface area contributed by atoms with Gasteiger partial charge in [0, 0.05) is 43.1 Å². The summed E-state index contributed by atoms with van der Waals surface area (Å²) in [4.78, 5) is 29.6. The molecule has 1 aliphatic heterocycles. The van der Waals surface area contributed by atoms with Crippen molar-refractivity contribution in [1.29, 1.82) is 0 Å². The molecule has 10 heteroatoms. The van der Waals surface area contributed by atoms with E-state index in [4.69, 9.17) is 23.2 Å². The van der Waals surface area contributed by atoms with Crippen LogP contribution in [0.1, 0.15) is 9.67 Å². The minimum atomic E-state index is -0.327. The molecule has 144 valence electrons. The maximum absolute atomic E-state index is 12.2. The molecule has 7 nitrogen and oxygen atoms in total. The molecule has 0 radical (unpaired) electrons. The van der Waals surface area contributed by atoms with E-state index in [1.54, 1.807) is 6.20 Å². The molecule has 1 fully saturated rings. The highest BCUT2D eigenvalue weighted by molar-refractivity contribution is 7.17. The van der Waals surface area contributed by atoms with Crippen LogP contribution >= 0.6 is 34.5 Å². The third-order valence-electron chi connectivity index (χ3n) is 4.34.